The van der Waals surface area contributed by atoms with Crippen LogP contribution in [0, 0.1) is 0 Å². The quantitative estimate of drug-likeness (QED) is 0.351. The van der Waals surface area contributed by atoms with Gasteiger partial charge in [0.2, 0.25) is 0 Å². The zero-order valence-corrected chi connectivity index (χ0v) is 20.1. The Morgan fingerprint density at radius 1 is 0.861 bits per heavy atom. The molecule has 6 nitrogen and oxygen atoms in total. The molecule has 0 aliphatic carbocycles. The normalized spacial score (nSPS) is 12.4. The van der Waals surface area contributed by atoms with Gasteiger partial charge in [-0.1, -0.05) is 48.5 Å². The summed E-state index contributed by atoms with van der Waals surface area (Å²) in [6.45, 7) is 0.529. The van der Waals surface area contributed by atoms with Gasteiger partial charge in [0.05, 0.1) is 26.4 Å². The average Bonchev–Trinajstić information content (AvgIpc) is 2.95. The van der Waals surface area contributed by atoms with Gasteiger partial charge in [0.1, 0.15) is 30.5 Å². The van der Waals surface area contributed by atoms with Crippen molar-refractivity contribution in [3.63, 3.8) is 0 Å². The fourth-order valence-electron chi connectivity index (χ4n) is 4.64. The van der Waals surface area contributed by atoms with Gasteiger partial charge in [-0.05, 0) is 52.4 Å². The van der Waals surface area contributed by atoms with Crippen LogP contribution in [-0.2, 0) is 4.74 Å². The molecular weight excluding hydrogens is 456 g/mol. The monoisotopic (exact) mass is 482 g/mol. The summed E-state index contributed by atoms with van der Waals surface area (Å²) in [6.07, 6.45) is 1.99. The molecule has 1 aliphatic rings. The minimum Gasteiger partial charge on any atom is -0.497 e. The zero-order valence-electron chi connectivity index (χ0n) is 20.1. The highest BCUT2D eigenvalue weighted by Gasteiger charge is 2.30. The molecular formula is C30H26O6. The third-order valence-corrected chi connectivity index (χ3v) is 6.25. The van der Waals surface area contributed by atoms with Gasteiger partial charge in [0.25, 0.3) is 0 Å². The van der Waals surface area contributed by atoms with E-state index in [1.54, 1.807) is 7.11 Å². The van der Waals surface area contributed by atoms with Gasteiger partial charge in [0, 0.05) is 16.5 Å². The van der Waals surface area contributed by atoms with Crippen molar-refractivity contribution in [2.75, 3.05) is 34.0 Å². The van der Waals surface area contributed by atoms with Crippen molar-refractivity contribution in [3.05, 3.63) is 95.6 Å². The number of fused-ring (bicyclic) bond motifs is 3. The first-order valence-corrected chi connectivity index (χ1v) is 11.6. The van der Waals surface area contributed by atoms with Crippen molar-refractivity contribution in [1.82, 2.24) is 0 Å². The maximum Gasteiger partial charge on any atom is 0.339 e. The lowest BCUT2D eigenvalue weighted by atomic mass is 9.83. The summed E-state index contributed by atoms with van der Waals surface area (Å²) in [5, 5.41) is 10.9. The lowest BCUT2D eigenvalue weighted by molar-refractivity contribution is 0.0601. The Kier molecular flexibility index (Phi) is 6.60. The van der Waals surface area contributed by atoms with Gasteiger partial charge in [-0.2, -0.15) is 0 Å². The van der Waals surface area contributed by atoms with Gasteiger partial charge >= 0.3 is 5.97 Å². The Bertz CT molecular complexity index is 1440. The number of hydrogen-bond acceptors (Lipinski definition) is 6. The largest absolute Gasteiger partial charge is 0.497 e. The number of benzene rings is 4. The molecule has 1 heterocycles. The van der Waals surface area contributed by atoms with Gasteiger partial charge in [0.15, 0.2) is 0 Å². The molecule has 0 aromatic heterocycles. The molecule has 1 N–H and O–H groups in total. The second kappa shape index (κ2) is 10.1. The van der Waals surface area contributed by atoms with E-state index in [1.807, 2.05) is 78.9 Å². The fourth-order valence-corrected chi connectivity index (χ4v) is 4.64. The van der Waals surface area contributed by atoms with Gasteiger partial charge in [-0.15, -0.1) is 0 Å². The van der Waals surface area contributed by atoms with Crippen LogP contribution in [0.5, 0.6) is 17.2 Å². The molecule has 1 aliphatic heterocycles. The van der Waals surface area contributed by atoms with Crippen molar-refractivity contribution >= 4 is 22.3 Å². The maximum atomic E-state index is 13.4. The van der Waals surface area contributed by atoms with E-state index in [2.05, 4.69) is 0 Å². The maximum absolute atomic E-state index is 13.4. The number of carbonyl (C=O) groups excluding carboxylic acids is 1. The second-order valence-electron chi connectivity index (χ2n) is 8.25. The standard InChI is InChI=1S/C30H26O6/c1-33-21-11-7-19(8-12-21)23-15-17-36-29-25-6-4-3-5-24(25)26(28(27(23)29)30(32)34-2)20-9-13-22(14-10-20)35-18-16-31/h3-15,31H,16-18H2,1-2H3. The second-order valence-corrected chi connectivity index (χ2v) is 8.25. The predicted molar refractivity (Wildman–Crippen MR) is 139 cm³/mol. The number of aliphatic hydroxyl groups excluding tert-OH is 1. The fraction of sp³-hybridized carbons (Fsp3) is 0.167. The van der Waals surface area contributed by atoms with Gasteiger partial charge in [-0.3, -0.25) is 0 Å². The zero-order chi connectivity index (χ0) is 25.1. The van der Waals surface area contributed by atoms with Crippen molar-refractivity contribution in [2.45, 2.75) is 0 Å². The molecule has 36 heavy (non-hydrogen) atoms. The van der Waals surface area contributed by atoms with E-state index in [4.69, 9.17) is 24.1 Å². The Labute approximate surface area is 209 Å². The molecule has 4 aromatic carbocycles. The number of ether oxygens (including phenoxy) is 4. The highest BCUT2D eigenvalue weighted by Crippen LogP contribution is 2.47. The smallest absolute Gasteiger partial charge is 0.339 e. The molecule has 0 fully saturated rings. The van der Waals surface area contributed by atoms with Crippen LogP contribution in [0.1, 0.15) is 21.5 Å². The van der Waals surface area contributed by atoms with Crippen LogP contribution in [-0.4, -0.2) is 45.1 Å². The summed E-state index contributed by atoms with van der Waals surface area (Å²) in [5.74, 6) is 1.60. The van der Waals surface area contributed by atoms with E-state index >= 15 is 0 Å². The Morgan fingerprint density at radius 2 is 1.53 bits per heavy atom. The van der Waals surface area contributed by atoms with Crippen LogP contribution in [0.25, 0.3) is 27.5 Å². The molecule has 0 spiro atoms. The molecule has 0 radical (unpaired) electrons. The molecule has 0 unspecified atom stereocenters. The van der Waals surface area contributed by atoms with E-state index in [9.17, 15) is 4.79 Å². The van der Waals surface area contributed by atoms with Crippen LogP contribution < -0.4 is 14.2 Å². The highest BCUT2D eigenvalue weighted by molar-refractivity contribution is 6.16. The molecule has 4 aromatic rings. The summed E-state index contributed by atoms with van der Waals surface area (Å²) >= 11 is 0. The Balaban J connectivity index is 1.80. The first kappa shape index (κ1) is 23.5. The third-order valence-electron chi connectivity index (χ3n) is 6.25. The van der Waals surface area contributed by atoms with Crippen molar-refractivity contribution in [2.24, 2.45) is 0 Å². The number of hydrogen-bond donors (Lipinski definition) is 1. The van der Waals surface area contributed by atoms with Crippen LogP contribution >= 0.6 is 0 Å². The molecule has 6 heteroatoms. The Morgan fingerprint density at radius 3 is 2.19 bits per heavy atom. The summed E-state index contributed by atoms with van der Waals surface area (Å²) < 4.78 is 22.4. The molecule has 0 saturated heterocycles. The first-order valence-electron chi connectivity index (χ1n) is 11.6. The van der Waals surface area contributed by atoms with Crippen molar-refractivity contribution in [3.8, 4) is 28.4 Å². The lowest BCUT2D eigenvalue weighted by Gasteiger charge is -2.26. The minimum atomic E-state index is -0.447. The molecule has 0 amide bonds. The Hall–Kier alpha value is -4.29. The number of rotatable bonds is 7. The summed E-state index contributed by atoms with van der Waals surface area (Å²) in [4.78, 5) is 13.4. The number of aliphatic hydroxyl groups is 1. The van der Waals surface area contributed by atoms with E-state index in [0.29, 0.717) is 29.2 Å². The summed E-state index contributed by atoms with van der Waals surface area (Å²) in [5.41, 5.74) is 4.58. The third kappa shape index (κ3) is 4.16. The highest BCUT2D eigenvalue weighted by atomic mass is 16.5. The van der Waals surface area contributed by atoms with E-state index in [1.165, 1.54) is 7.11 Å². The summed E-state index contributed by atoms with van der Waals surface area (Å²) in [6, 6.07) is 23.1. The van der Waals surface area contributed by atoms with Crippen LogP contribution in [0.3, 0.4) is 0 Å². The van der Waals surface area contributed by atoms with Crippen LogP contribution in [0.4, 0.5) is 0 Å². The van der Waals surface area contributed by atoms with Crippen molar-refractivity contribution < 1.29 is 28.8 Å². The minimum absolute atomic E-state index is 0.0653. The molecule has 0 atom stereocenters. The van der Waals surface area contributed by atoms with Crippen molar-refractivity contribution in [1.29, 1.82) is 0 Å². The summed E-state index contributed by atoms with van der Waals surface area (Å²) in [7, 11) is 3.02. The average molecular weight is 483 g/mol. The predicted octanol–water partition coefficient (Wildman–Crippen LogP) is 5.50. The number of methoxy groups -OCH3 is 2. The van der Waals surface area contributed by atoms with Crippen LogP contribution in [0.15, 0.2) is 78.9 Å². The number of carbonyl (C=O) groups is 1. The molecule has 0 bridgehead atoms. The first-order chi connectivity index (χ1) is 17.7. The van der Waals surface area contributed by atoms with E-state index < -0.39 is 5.97 Å². The van der Waals surface area contributed by atoms with Crippen LogP contribution in [0.2, 0.25) is 0 Å². The molecule has 182 valence electrons. The topological polar surface area (TPSA) is 74.2 Å². The lowest BCUT2D eigenvalue weighted by Crippen LogP contribution is -2.15. The van der Waals surface area contributed by atoms with Gasteiger partial charge < -0.3 is 24.1 Å². The van der Waals surface area contributed by atoms with Gasteiger partial charge in [-0.25, -0.2) is 4.79 Å². The molecule has 0 saturated carbocycles. The SMILES string of the molecule is COC(=O)c1c2c(c3ccccc3c1-c1ccc(OCCO)cc1)OCC=C2c1ccc(OC)cc1. The van der Waals surface area contributed by atoms with E-state index in [0.717, 1.165) is 38.8 Å². The molecule has 5 rings (SSSR count). The van der Waals surface area contributed by atoms with E-state index in [-0.39, 0.29) is 13.2 Å². The number of esters is 1.